The first-order valence-corrected chi connectivity index (χ1v) is 12.1. The van der Waals surface area contributed by atoms with Crippen LogP contribution in [-0.4, -0.2) is 32.7 Å². The fourth-order valence-electron chi connectivity index (χ4n) is 2.71. The number of ether oxygens (including phenoxy) is 1. The normalized spacial score (nSPS) is 18.0. The Morgan fingerprint density at radius 2 is 1.85 bits per heavy atom. The maximum absolute atomic E-state index is 14.3. The van der Waals surface area contributed by atoms with Crippen molar-refractivity contribution in [3.8, 4) is 0 Å². The molecule has 146 valence electrons. The average molecular weight is 382 g/mol. The predicted octanol–water partition coefficient (Wildman–Crippen LogP) is 5.51. The second-order valence-corrected chi connectivity index (χ2v) is 14.3. The van der Waals surface area contributed by atoms with Crippen molar-refractivity contribution >= 4 is 20.1 Å². The lowest BCUT2D eigenvalue weighted by Crippen LogP contribution is -2.48. The second-order valence-electron chi connectivity index (χ2n) is 9.52. The van der Waals surface area contributed by atoms with Gasteiger partial charge in [0.05, 0.1) is 18.3 Å². The van der Waals surface area contributed by atoms with Crippen LogP contribution in [0.1, 0.15) is 47.1 Å². The second kappa shape index (κ2) is 6.96. The van der Waals surface area contributed by atoms with Crippen LogP contribution in [-0.2, 0) is 15.6 Å². The Labute approximate surface area is 157 Å². The van der Waals surface area contributed by atoms with Gasteiger partial charge in [-0.1, -0.05) is 26.8 Å². The van der Waals surface area contributed by atoms with E-state index in [1.165, 1.54) is 6.07 Å². The van der Waals surface area contributed by atoms with Gasteiger partial charge in [-0.3, -0.25) is 4.90 Å². The zero-order valence-electron chi connectivity index (χ0n) is 17.3. The molecule has 1 aromatic rings. The van der Waals surface area contributed by atoms with Crippen molar-refractivity contribution in [2.24, 2.45) is 0 Å². The van der Waals surface area contributed by atoms with Gasteiger partial charge in [-0.25, -0.2) is 9.18 Å². The zero-order valence-corrected chi connectivity index (χ0v) is 18.3. The highest BCUT2D eigenvalue weighted by molar-refractivity contribution is 6.74. The summed E-state index contributed by atoms with van der Waals surface area (Å²) in [4.78, 5) is 14.4. The van der Waals surface area contributed by atoms with Gasteiger partial charge in [0.1, 0.15) is 11.4 Å². The molecule has 0 radical (unpaired) electrons. The van der Waals surface area contributed by atoms with Gasteiger partial charge < -0.3 is 9.16 Å². The molecule has 0 bridgehead atoms. The molecule has 1 atom stereocenters. The van der Waals surface area contributed by atoms with E-state index < -0.39 is 20.0 Å². The van der Waals surface area contributed by atoms with Crippen LogP contribution >= 0.6 is 0 Å². The maximum Gasteiger partial charge on any atom is 0.415 e. The van der Waals surface area contributed by atoms with Crippen LogP contribution in [0.25, 0.3) is 0 Å². The molecule has 0 fully saturated rings. The summed E-state index contributed by atoms with van der Waals surface area (Å²) in [6.07, 6.45) is -0.0127. The van der Waals surface area contributed by atoms with E-state index in [4.69, 9.17) is 9.16 Å². The van der Waals surface area contributed by atoms with Crippen molar-refractivity contribution in [2.75, 3.05) is 11.5 Å². The highest BCUT2D eigenvalue weighted by Crippen LogP contribution is 2.39. The number of hydrogen-bond acceptors (Lipinski definition) is 3. The average Bonchev–Trinajstić information content (AvgIpc) is 2.82. The molecular weight excluding hydrogens is 349 g/mol. The minimum atomic E-state index is -1.97. The quantitative estimate of drug-likeness (QED) is 0.648. The first-order chi connectivity index (χ1) is 11.7. The van der Waals surface area contributed by atoms with Crippen LogP contribution in [0.3, 0.4) is 0 Å². The van der Waals surface area contributed by atoms with E-state index in [0.29, 0.717) is 24.3 Å². The summed E-state index contributed by atoms with van der Waals surface area (Å²) in [5.74, 6) is -0.286. The minimum Gasteiger partial charge on any atom is -0.443 e. The van der Waals surface area contributed by atoms with Gasteiger partial charge in [-0.15, -0.1) is 0 Å². The Hall–Kier alpha value is -1.40. The molecule has 1 amide bonds. The minimum absolute atomic E-state index is 0.0699. The van der Waals surface area contributed by atoms with Crippen LogP contribution in [0, 0.1) is 5.82 Å². The third-order valence-corrected chi connectivity index (χ3v) is 9.69. The van der Waals surface area contributed by atoms with Gasteiger partial charge in [-0.2, -0.15) is 0 Å². The van der Waals surface area contributed by atoms with Crippen molar-refractivity contribution in [2.45, 2.75) is 77.7 Å². The topological polar surface area (TPSA) is 38.8 Å². The summed E-state index contributed by atoms with van der Waals surface area (Å²) in [5.41, 5.74) is 0.531. The van der Waals surface area contributed by atoms with Crippen molar-refractivity contribution in [3.05, 3.63) is 29.6 Å². The summed E-state index contributed by atoms with van der Waals surface area (Å²) < 4.78 is 26.2. The third-order valence-electron chi connectivity index (χ3n) is 5.19. The fraction of sp³-hybridized carbons (Fsp3) is 0.650. The Balaban J connectivity index is 2.27. The van der Waals surface area contributed by atoms with Crippen molar-refractivity contribution in [1.29, 1.82) is 0 Å². The standard InChI is InChI=1S/C20H32FNO3Si/c1-19(2,3)25-18(23)22-14(13-24-26(7,8)20(4,5)6)12-15-16(21)10-9-11-17(15)22/h9-11,14H,12-13H2,1-8H3/t14-/m1/s1. The molecular formula is C20H32FNO3Si. The van der Waals surface area contributed by atoms with E-state index >= 15 is 0 Å². The zero-order chi connectivity index (χ0) is 19.9. The maximum atomic E-state index is 14.3. The molecule has 1 aliphatic heterocycles. The summed E-state index contributed by atoms with van der Waals surface area (Å²) >= 11 is 0. The highest BCUT2D eigenvalue weighted by Gasteiger charge is 2.42. The van der Waals surface area contributed by atoms with Crippen LogP contribution in [0.4, 0.5) is 14.9 Å². The van der Waals surface area contributed by atoms with E-state index in [-0.39, 0.29) is 16.9 Å². The lowest BCUT2D eigenvalue weighted by molar-refractivity contribution is 0.0558. The molecule has 0 saturated heterocycles. The van der Waals surface area contributed by atoms with Gasteiger partial charge in [0.15, 0.2) is 8.32 Å². The first-order valence-electron chi connectivity index (χ1n) is 9.16. The van der Waals surface area contributed by atoms with Crippen molar-refractivity contribution < 1.29 is 18.3 Å². The summed E-state index contributed by atoms with van der Waals surface area (Å²) in [6.45, 7) is 16.7. The lowest BCUT2D eigenvalue weighted by atomic mass is 10.1. The van der Waals surface area contributed by atoms with Crippen LogP contribution < -0.4 is 4.90 Å². The summed E-state index contributed by atoms with van der Waals surface area (Å²) in [5, 5.41) is 0.0699. The molecule has 0 aromatic heterocycles. The Kier molecular flexibility index (Phi) is 5.60. The third kappa shape index (κ3) is 4.46. The van der Waals surface area contributed by atoms with Crippen LogP contribution in [0.5, 0.6) is 0 Å². The molecule has 0 spiro atoms. The molecule has 0 saturated carbocycles. The monoisotopic (exact) mass is 381 g/mol. The molecule has 2 rings (SSSR count). The number of benzene rings is 1. The number of nitrogens with zero attached hydrogens (tertiary/aromatic N) is 1. The molecule has 6 heteroatoms. The summed E-state index contributed by atoms with van der Waals surface area (Å²) in [7, 11) is -1.97. The molecule has 4 nitrogen and oxygen atoms in total. The van der Waals surface area contributed by atoms with E-state index in [1.807, 2.05) is 20.8 Å². The van der Waals surface area contributed by atoms with Crippen molar-refractivity contribution in [3.63, 3.8) is 0 Å². The molecule has 0 N–H and O–H groups in total. The highest BCUT2D eigenvalue weighted by atomic mass is 28.4. The Morgan fingerprint density at radius 3 is 2.38 bits per heavy atom. The van der Waals surface area contributed by atoms with E-state index in [9.17, 15) is 9.18 Å². The fourth-order valence-corrected chi connectivity index (χ4v) is 3.75. The van der Waals surface area contributed by atoms with Gasteiger partial charge in [-0.05, 0) is 51.0 Å². The lowest BCUT2D eigenvalue weighted by Gasteiger charge is -2.38. The molecule has 26 heavy (non-hydrogen) atoms. The number of hydrogen-bond donors (Lipinski definition) is 0. The smallest absolute Gasteiger partial charge is 0.415 e. The van der Waals surface area contributed by atoms with Gasteiger partial charge >= 0.3 is 6.09 Å². The van der Waals surface area contributed by atoms with E-state index in [0.717, 1.165) is 0 Å². The first kappa shape index (κ1) is 20.9. The van der Waals surface area contributed by atoms with Crippen LogP contribution in [0.2, 0.25) is 18.1 Å². The van der Waals surface area contributed by atoms with E-state index in [2.05, 4.69) is 33.9 Å². The number of anilines is 1. The Bertz CT molecular complexity index is 677. The molecule has 0 unspecified atom stereocenters. The van der Waals surface area contributed by atoms with Gasteiger partial charge in [0, 0.05) is 12.0 Å². The van der Waals surface area contributed by atoms with Crippen molar-refractivity contribution in [1.82, 2.24) is 0 Å². The molecule has 1 aliphatic rings. The number of halogens is 1. The molecule has 1 aromatic carbocycles. The molecule has 0 aliphatic carbocycles. The number of fused-ring (bicyclic) bond motifs is 1. The Morgan fingerprint density at radius 1 is 1.23 bits per heavy atom. The van der Waals surface area contributed by atoms with Gasteiger partial charge in [0.25, 0.3) is 0 Å². The van der Waals surface area contributed by atoms with Gasteiger partial charge in [0.2, 0.25) is 0 Å². The van der Waals surface area contributed by atoms with E-state index in [1.54, 1.807) is 17.0 Å². The number of carbonyl (C=O) groups is 1. The number of carbonyl (C=O) groups excluding carboxylic acids is 1. The summed E-state index contributed by atoms with van der Waals surface area (Å²) in [6, 6.07) is 4.58. The SMILES string of the molecule is CC(C)(C)OC(=O)N1c2cccc(F)c2C[C@@H]1CO[Si](C)(C)C(C)(C)C. The van der Waals surface area contributed by atoms with Crippen LogP contribution in [0.15, 0.2) is 18.2 Å². The predicted molar refractivity (Wildman–Crippen MR) is 106 cm³/mol. The number of amides is 1. The number of rotatable bonds is 3. The largest absolute Gasteiger partial charge is 0.443 e. The molecule has 1 heterocycles.